The smallest absolute Gasteiger partial charge is 0.257 e. The summed E-state index contributed by atoms with van der Waals surface area (Å²) in [6.07, 6.45) is 1.99. The molecule has 0 saturated heterocycles. The van der Waals surface area contributed by atoms with Gasteiger partial charge in [-0.3, -0.25) is 9.48 Å². The lowest BCUT2D eigenvalue weighted by Crippen LogP contribution is -2.38. The lowest BCUT2D eigenvalue weighted by atomic mass is 9.77. The summed E-state index contributed by atoms with van der Waals surface area (Å²) < 4.78 is 1.93. The van der Waals surface area contributed by atoms with Gasteiger partial charge in [0.25, 0.3) is 5.91 Å². The first kappa shape index (κ1) is 31.5. The molecule has 6 rings (SSSR count). The Morgan fingerprint density at radius 1 is 0.745 bits per heavy atom. The number of amides is 1. The van der Waals surface area contributed by atoms with E-state index in [1.54, 1.807) is 18.2 Å². The van der Waals surface area contributed by atoms with Crippen molar-refractivity contribution in [3.63, 3.8) is 0 Å². The van der Waals surface area contributed by atoms with Gasteiger partial charge in [-0.2, -0.15) is 5.10 Å². The maximum atomic E-state index is 13.0. The van der Waals surface area contributed by atoms with Gasteiger partial charge in [0.2, 0.25) is 0 Å². The van der Waals surface area contributed by atoms with E-state index in [4.69, 9.17) is 16.7 Å². The van der Waals surface area contributed by atoms with Crippen molar-refractivity contribution in [1.29, 1.82) is 0 Å². The Kier molecular flexibility index (Phi) is 9.55. The third kappa shape index (κ3) is 7.16. The second kappa shape index (κ2) is 14.3. The van der Waals surface area contributed by atoms with Crippen molar-refractivity contribution in [2.45, 2.75) is 12.1 Å². The van der Waals surface area contributed by atoms with Crippen LogP contribution in [0.15, 0.2) is 146 Å². The van der Waals surface area contributed by atoms with Crippen LogP contribution in [0.1, 0.15) is 27.0 Å². The van der Waals surface area contributed by atoms with Crippen LogP contribution in [0, 0.1) is 0 Å². The molecule has 0 bridgehead atoms. The summed E-state index contributed by atoms with van der Waals surface area (Å²) >= 11 is 6.15. The maximum absolute atomic E-state index is 13.0. The normalized spacial score (nSPS) is 11.1. The Hall–Kier alpha value is -5.53. The molecule has 5 aromatic carbocycles. The molecule has 0 radical (unpaired) electrons. The fourth-order valence-corrected chi connectivity index (χ4v) is 5.94. The Morgan fingerprint density at radius 3 is 1.85 bits per heavy atom. The quantitative estimate of drug-likeness (QED) is 0.117. The molecule has 0 atom stereocenters. The molecule has 0 unspecified atom stereocenters. The highest BCUT2D eigenvalue weighted by atomic mass is 35.5. The van der Waals surface area contributed by atoms with Crippen LogP contribution in [0.3, 0.4) is 0 Å². The standard InChI is InChI=1S/C39H37ClN6O/c1-45(2)36-28-32(40)18-23-35(36)38(47)42-34-21-19-33(20-22-34)41-25-27-46-26-24-37(44-46)43-39(29-12-6-3-7-13-29,30-14-8-4-9-15-30)31-16-10-5-11-17-31/h3-24,26,28,41H,25,27H2,1-2H3,(H,42,47)(H,43,44). The average molecular weight is 641 g/mol. The zero-order valence-electron chi connectivity index (χ0n) is 26.4. The van der Waals surface area contributed by atoms with E-state index in [9.17, 15) is 4.79 Å². The molecule has 8 heteroatoms. The first-order valence-electron chi connectivity index (χ1n) is 15.5. The topological polar surface area (TPSA) is 74.2 Å². The molecule has 0 aliphatic rings. The Bertz CT molecular complexity index is 1810. The van der Waals surface area contributed by atoms with Crippen molar-refractivity contribution in [3.8, 4) is 0 Å². The molecule has 0 fully saturated rings. The lowest BCUT2D eigenvalue weighted by molar-refractivity contribution is 0.102. The van der Waals surface area contributed by atoms with Gasteiger partial charge in [-0.25, -0.2) is 0 Å². The van der Waals surface area contributed by atoms with Crippen molar-refractivity contribution in [1.82, 2.24) is 9.78 Å². The predicted octanol–water partition coefficient (Wildman–Crippen LogP) is 8.37. The molecular formula is C39H37ClN6O. The first-order valence-corrected chi connectivity index (χ1v) is 15.9. The third-order valence-electron chi connectivity index (χ3n) is 8.08. The van der Waals surface area contributed by atoms with Crippen LogP contribution in [0.4, 0.5) is 22.9 Å². The summed E-state index contributed by atoms with van der Waals surface area (Å²) in [6, 6.07) is 46.4. The molecule has 1 heterocycles. The number of carbonyl (C=O) groups excluding carboxylic acids is 1. The molecule has 3 N–H and O–H groups in total. The fourth-order valence-electron chi connectivity index (χ4n) is 5.78. The summed E-state index contributed by atoms with van der Waals surface area (Å²) in [5.74, 6) is 0.588. The molecule has 1 amide bonds. The summed E-state index contributed by atoms with van der Waals surface area (Å²) in [5.41, 5.74) is 5.71. The van der Waals surface area contributed by atoms with E-state index in [-0.39, 0.29) is 5.91 Å². The number of anilines is 4. The molecule has 7 nitrogen and oxygen atoms in total. The van der Waals surface area contributed by atoms with Gasteiger partial charge in [-0.1, -0.05) is 103 Å². The Balaban J connectivity index is 1.12. The number of benzene rings is 5. The highest BCUT2D eigenvalue weighted by Crippen LogP contribution is 2.39. The number of carbonyl (C=O) groups is 1. The van der Waals surface area contributed by atoms with Crippen LogP contribution in [-0.2, 0) is 12.1 Å². The summed E-state index contributed by atoms with van der Waals surface area (Å²) in [5, 5.41) is 15.8. The van der Waals surface area contributed by atoms with E-state index in [0.29, 0.717) is 29.4 Å². The average Bonchev–Trinajstić information content (AvgIpc) is 3.56. The molecule has 6 aromatic rings. The maximum Gasteiger partial charge on any atom is 0.257 e. The molecule has 0 saturated carbocycles. The molecule has 1 aromatic heterocycles. The second-order valence-electron chi connectivity index (χ2n) is 11.5. The predicted molar refractivity (Wildman–Crippen MR) is 194 cm³/mol. The van der Waals surface area contributed by atoms with Gasteiger partial charge < -0.3 is 20.9 Å². The minimum Gasteiger partial charge on any atom is -0.383 e. The van der Waals surface area contributed by atoms with Gasteiger partial charge in [-0.15, -0.1) is 0 Å². The zero-order valence-corrected chi connectivity index (χ0v) is 27.2. The van der Waals surface area contributed by atoms with Gasteiger partial charge >= 0.3 is 0 Å². The number of nitrogens with one attached hydrogen (secondary N) is 3. The van der Waals surface area contributed by atoms with Crippen LogP contribution >= 0.6 is 11.6 Å². The van der Waals surface area contributed by atoms with Crippen LogP contribution in [-0.4, -0.2) is 36.3 Å². The SMILES string of the molecule is CN(C)c1cc(Cl)ccc1C(=O)Nc1ccc(NCCn2ccc(NC(c3ccccc3)(c3ccccc3)c3ccccc3)n2)cc1. The number of hydrogen-bond acceptors (Lipinski definition) is 5. The van der Waals surface area contributed by atoms with Gasteiger partial charge in [-0.05, 0) is 59.2 Å². The minimum atomic E-state index is -0.639. The van der Waals surface area contributed by atoms with E-state index in [1.807, 2.05) is 78.4 Å². The van der Waals surface area contributed by atoms with Crippen molar-refractivity contribution in [2.75, 3.05) is 41.5 Å². The summed E-state index contributed by atoms with van der Waals surface area (Å²) in [4.78, 5) is 14.9. The zero-order chi connectivity index (χ0) is 32.6. The van der Waals surface area contributed by atoms with Gasteiger partial charge in [0.15, 0.2) is 0 Å². The van der Waals surface area contributed by atoms with Gasteiger partial charge in [0.05, 0.1) is 17.8 Å². The lowest BCUT2D eigenvalue weighted by Gasteiger charge is -2.37. The van der Waals surface area contributed by atoms with Crippen LogP contribution in [0.5, 0.6) is 0 Å². The summed E-state index contributed by atoms with van der Waals surface area (Å²) in [7, 11) is 3.77. The number of hydrogen-bond donors (Lipinski definition) is 3. The molecule has 47 heavy (non-hydrogen) atoms. The van der Waals surface area contributed by atoms with Gasteiger partial charge in [0.1, 0.15) is 11.4 Å². The Morgan fingerprint density at radius 2 is 1.30 bits per heavy atom. The fraction of sp³-hybridized carbons (Fsp3) is 0.128. The Labute approximate surface area is 280 Å². The monoisotopic (exact) mass is 640 g/mol. The van der Waals surface area contributed by atoms with Gasteiger partial charge in [0, 0.05) is 49.3 Å². The van der Waals surface area contributed by atoms with E-state index in [1.165, 1.54) is 0 Å². The molecule has 0 aliphatic carbocycles. The number of aromatic nitrogens is 2. The van der Waals surface area contributed by atoms with Crippen molar-refractivity contribution in [3.05, 3.63) is 173 Å². The number of rotatable bonds is 12. The van der Waals surface area contributed by atoms with Crippen LogP contribution < -0.4 is 20.9 Å². The second-order valence-corrected chi connectivity index (χ2v) is 11.9. The van der Waals surface area contributed by atoms with Crippen LogP contribution in [0.25, 0.3) is 0 Å². The minimum absolute atomic E-state index is 0.190. The molecule has 236 valence electrons. The van der Waals surface area contributed by atoms with Crippen molar-refractivity contribution >= 4 is 40.4 Å². The molecule has 0 spiro atoms. The molecular weight excluding hydrogens is 604 g/mol. The number of nitrogens with zero attached hydrogens (tertiary/aromatic N) is 3. The highest BCUT2D eigenvalue weighted by molar-refractivity contribution is 6.31. The number of halogens is 1. The highest BCUT2D eigenvalue weighted by Gasteiger charge is 2.36. The first-order chi connectivity index (χ1) is 22.9. The third-order valence-corrected chi connectivity index (χ3v) is 8.31. The largest absolute Gasteiger partial charge is 0.383 e. The van der Waals surface area contributed by atoms with E-state index < -0.39 is 5.54 Å². The van der Waals surface area contributed by atoms with E-state index in [0.717, 1.165) is 33.9 Å². The van der Waals surface area contributed by atoms with Crippen LogP contribution in [0.2, 0.25) is 5.02 Å². The van der Waals surface area contributed by atoms with Crippen molar-refractivity contribution < 1.29 is 4.79 Å². The summed E-state index contributed by atoms with van der Waals surface area (Å²) in [6.45, 7) is 1.34. The van der Waals surface area contributed by atoms with Crippen molar-refractivity contribution in [2.24, 2.45) is 0 Å². The molecule has 0 aliphatic heterocycles. The van der Waals surface area contributed by atoms with E-state index >= 15 is 0 Å². The van der Waals surface area contributed by atoms with E-state index in [2.05, 4.69) is 88.7 Å².